The first-order valence-electron chi connectivity index (χ1n) is 2.97. The Balaban J connectivity index is 4.74. The maximum Gasteiger partial charge on any atom is 0.152 e. The number of rotatable bonds is 1. The zero-order valence-electron chi connectivity index (χ0n) is 6.49. The van der Waals surface area contributed by atoms with Gasteiger partial charge in [0.15, 0.2) is 4.33 Å². The van der Waals surface area contributed by atoms with Crippen LogP contribution in [-0.2, 0) is 0 Å². The van der Waals surface area contributed by atoms with Crippen LogP contribution in [0.5, 0.6) is 0 Å². The molecule has 11 heavy (non-hydrogen) atoms. The second-order valence-electron chi connectivity index (χ2n) is 3.21. The van der Waals surface area contributed by atoms with Gasteiger partial charge in [0.1, 0.15) is 0 Å². The molecule has 0 saturated carbocycles. The maximum absolute atomic E-state index is 10.9. The molecule has 0 atom stereocenters. The van der Waals surface area contributed by atoms with Gasteiger partial charge in [-0.15, -0.1) is 0 Å². The van der Waals surface area contributed by atoms with Crippen LogP contribution in [0.3, 0.4) is 0 Å². The van der Waals surface area contributed by atoms with Crippen LogP contribution in [-0.4, -0.2) is 10.2 Å². The molecule has 0 aromatic rings. The molecule has 0 N–H and O–H groups in total. The summed E-state index contributed by atoms with van der Waals surface area (Å²) in [5.41, 5.74) is -0.578. The number of nitrogens with zero attached hydrogens (tertiary/aromatic N) is 1. The van der Waals surface area contributed by atoms with Gasteiger partial charge in [-0.2, -0.15) is 4.51 Å². The Bertz CT molecular complexity index is 171. The van der Waals surface area contributed by atoms with Crippen molar-refractivity contribution in [2.24, 2.45) is 9.93 Å². The fourth-order valence-corrected chi connectivity index (χ4v) is 0.672. The molecule has 2 nitrogen and oxygen atoms in total. The molecule has 0 unspecified atom stereocenters. The van der Waals surface area contributed by atoms with E-state index < -0.39 is 15.6 Å². The lowest BCUT2D eigenvalue weighted by atomic mass is 9.91. The second-order valence-corrected chi connectivity index (χ2v) is 4.71. The van der Waals surface area contributed by atoms with Gasteiger partial charge in [0.25, 0.3) is 0 Å². The first kappa shape index (κ1) is 11.3. The fraction of sp³-hybridized carbons (Fsp3) is 0.833. The van der Waals surface area contributed by atoms with E-state index in [-0.39, 0.29) is 0 Å². The van der Waals surface area contributed by atoms with Gasteiger partial charge >= 0.3 is 0 Å². The third kappa shape index (κ3) is 2.39. The van der Waals surface area contributed by atoms with Gasteiger partial charge in [0.2, 0.25) is 0 Å². The molecule has 0 fully saturated rings. The van der Waals surface area contributed by atoms with E-state index in [4.69, 9.17) is 35.0 Å². The highest BCUT2D eigenvalue weighted by Gasteiger charge is 2.38. The van der Waals surface area contributed by atoms with Gasteiger partial charge in [0.05, 0.1) is 0 Å². The van der Waals surface area contributed by atoms with Crippen LogP contribution in [0.4, 0.5) is 0 Å². The molecule has 0 aliphatic heterocycles. The molecule has 0 radical (unpaired) electrons. The van der Waals surface area contributed by atoms with Crippen molar-refractivity contribution in [3.63, 3.8) is 0 Å². The van der Waals surface area contributed by atoms with Gasteiger partial charge in [0, 0.05) is 17.7 Å². The van der Waals surface area contributed by atoms with E-state index in [1.807, 2.05) is 0 Å². The van der Waals surface area contributed by atoms with E-state index in [2.05, 4.69) is 4.51 Å². The molecular formula is C6H9Cl3NO-. The summed E-state index contributed by atoms with van der Waals surface area (Å²) in [5, 5.41) is 10.9. The van der Waals surface area contributed by atoms with Crippen LogP contribution in [0, 0.1) is 5.41 Å². The molecule has 5 heteroatoms. The Morgan fingerprint density at radius 1 is 1.27 bits per heavy atom. The minimum absolute atomic E-state index is 0.578. The second kappa shape index (κ2) is 3.38. The van der Waals surface area contributed by atoms with Crippen molar-refractivity contribution >= 4 is 40.9 Å². The van der Waals surface area contributed by atoms with Crippen LogP contribution < -0.4 is 5.11 Å². The quantitative estimate of drug-likeness (QED) is 0.376. The third-order valence-corrected chi connectivity index (χ3v) is 2.90. The van der Waals surface area contributed by atoms with Crippen molar-refractivity contribution in [2.75, 3.05) is 0 Å². The summed E-state index contributed by atoms with van der Waals surface area (Å²) >= 11 is 16.4. The molecule has 0 rings (SSSR count). The van der Waals surface area contributed by atoms with Crippen LogP contribution in [0.25, 0.3) is 0 Å². The van der Waals surface area contributed by atoms with E-state index in [1.165, 1.54) is 0 Å². The monoisotopic (exact) mass is 216 g/mol. The summed E-state index contributed by atoms with van der Waals surface area (Å²) in [7, 11) is 0. The van der Waals surface area contributed by atoms with E-state index in [0.29, 0.717) is 0 Å². The number of hydrogen-bond acceptors (Lipinski definition) is 2. The molecule has 0 aliphatic carbocycles. The number of alkyl halides is 2. The average molecular weight is 218 g/mol. The summed E-state index contributed by atoms with van der Waals surface area (Å²) in [6, 6.07) is 0. The van der Waals surface area contributed by atoms with E-state index in [9.17, 15) is 5.11 Å². The summed E-state index contributed by atoms with van der Waals surface area (Å²) in [6.45, 7) is 5.19. The predicted molar refractivity (Wildman–Crippen MR) is 47.2 cm³/mol. The highest BCUT2D eigenvalue weighted by Crippen LogP contribution is 2.40. The van der Waals surface area contributed by atoms with Crippen LogP contribution >= 0.6 is 35.0 Å². The van der Waals surface area contributed by atoms with Gasteiger partial charge < -0.3 is 5.11 Å². The molecule has 0 spiro atoms. The Hall–Kier alpha value is 0.340. The lowest BCUT2D eigenvalue weighted by molar-refractivity contribution is -0.221. The standard InChI is InChI=1S/C6H10Cl3NO/c1-5(2,3)6(7,8)4(11)10-9/h1-3H3,(H,10,11)/p-1. The molecule has 0 amide bonds. The largest absolute Gasteiger partial charge is 0.859 e. The van der Waals surface area contributed by atoms with Gasteiger partial charge in [-0.05, 0) is 5.41 Å². The van der Waals surface area contributed by atoms with Crippen molar-refractivity contribution in [2.45, 2.75) is 25.1 Å². The van der Waals surface area contributed by atoms with Crippen molar-refractivity contribution in [1.29, 1.82) is 0 Å². The van der Waals surface area contributed by atoms with Crippen molar-refractivity contribution in [1.82, 2.24) is 0 Å². The van der Waals surface area contributed by atoms with Gasteiger partial charge in [-0.25, -0.2) is 0 Å². The summed E-state index contributed by atoms with van der Waals surface area (Å²) in [6.07, 6.45) is 0. The first-order valence-corrected chi connectivity index (χ1v) is 4.07. The van der Waals surface area contributed by atoms with Crippen molar-refractivity contribution in [3.8, 4) is 0 Å². The normalized spacial score (nSPS) is 15.3. The molecule has 0 heterocycles. The lowest BCUT2D eigenvalue weighted by Crippen LogP contribution is -2.46. The molecule has 0 bridgehead atoms. The summed E-state index contributed by atoms with van der Waals surface area (Å²) in [4.78, 5) is 0. The Morgan fingerprint density at radius 3 is 1.73 bits per heavy atom. The van der Waals surface area contributed by atoms with Crippen LogP contribution in [0.2, 0.25) is 0 Å². The maximum atomic E-state index is 10.9. The lowest BCUT2D eigenvalue weighted by Gasteiger charge is -2.36. The zero-order valence-corrected chi connectivity index (χ0v) is 8.76. The van der Waals surface area contributed by atoms with Crippen LogP contribution in [0.1, 0.15) is 20.8 Å². The fourth-order valence-electron chi connectivity index (χ4n) is 0.374. The molecule has 66 valence electrons. The highest BCUT2D eigenvalue weighted by molar-refractivity contribution is 6.58. The molecule has 0 aromatic carbocycles. The molecule has 0 saturated heterocycles. The third-order valence-electron chi connectivity index (χ3n) is 1.29. The van der Waals surface area contributed by atoms with E-state index >= 15 is 0 Å². The van der Waals surface area contributed by atoms with Crippen molar-refractivity contribution < 1.29 is 5.11 Å². The highest BCUT2D eigenvalue weighted by atomic mass is 35.5. The number of hydrogen-bond donors (Lipinski definition) is 0. The van der Waals surface area contributed by atoms with Gasteiger partial charge in [-0.3, -0.25) is 0 Å². The molecular weight excluding hydrogens is 208 g/mol. The van der Waals surface area contributed by atoms with E-state index in [1.54, 1.807) is 20.8 Å². The van der Waals surface area contributed by atoms with E-state index in [0.717, 1.165) is 0 Å². The Kier molecular flexibility index (Phi) is 3.48. The minimum Gasteiger partial charge on any atom is -0.859 e. The smallest absolute Gasteiger partial charge is 0.152 e. The Labute approximate surface area is 81.3 Å². The number of halogens is 3. The molecule has 0 aliphatic rings. The molecule has 0 aromatic heterocycles. The SMILES string of the molecule is CC(C)(C)C(Cl)(Cl)/C([O-])=N/Cl. The average Bonchev–Trinajstić information content (AvgIpc) is 1.83. The topological polar surface area (TPSA) is 35.4 Å². The Morgan fingerprint density at radius 2 is 1.64 bits per heavy atom. The first-order chi connectivity index (χ1) is 4.73. The minimum atomic E-state index is -1.55. The van der Waals surface area contributed by atoms with Crippen LogP contribution in [0.15, 0.2) is 4.51 Å². The summed E-state index contributed by atoms with van der Waals surface area (Å²) < 4.78 is 1.35. The zero-order chi connectivity index (χ0) is 9.28. The summed E-state index contributed by atoms with van der Waals surface area (Å²) in [5.74, 6) is -0.727. The van der Waals surface area contributed by atoms with Gasteiger partial charge in [-0.1, -0.05) is 44.0 Å². The van der Waals surface area contributed by atoms with Crippen molar-refractivity contribution in [3.05, 3.63) is 0 Å². The predicted octanol–water partition coefficient (Wildman–Crippen LogP) is 2.12.